The largest absolute Gasteiger partial charge is 0.379 e. The fourth-order valence-electron chi connectivity index (χ4n) is 2.34. The summed E-state index contributed by atoms with van der Waals surface area (Å²) >= 11 is 0. The van der Waals surface area contributed by atoms with Crippen molar-refractivity contribution in [3.05, 3.63) is 29.8 Å². The van der Waals surface area contributed by atoms with Crippen molar-refractivity contribution in [1.29, 1.82) is 0 Å². The summed E-state index contributed by atoms with van der Waals surface area (Å²) in [4.78, 5) is 2.43. The average molecular weight is 248 g/mol. The monoisotopic (exact) mass is 248 g/mol. The zero-order chi connectivity index (χ0) is 12.8. The van der Waals surface area contributed by atoms with Crippen LogP contribution in [0.5, 0.6) is 0 Å². The average Bonchev–Trinajstić information content (AvgIpc) is 2.42. The molecule has 0 radical (unpaired) electrons. The van der Waals surface area contributed by atoms with Crippen molar-refractivity contribution in [2.45, 2.75) is 26.3 Å². The molecular formula is C15H24N2O. The zero-order valence-electron chi connectivity index (χ0n) is 11.5. The lowest BCUT2D eigenvalue weighted by molar-refractivity contribution is 0.0748. The van der Waals surface area contributed by atoms with E-state index in [4.69, 9.17) is 4.74 Å². The van der Waals surface area contributed by atoms with Crippen LogP contribution in [0.25, 0.3) is 0 Å². The summed E-state index contributed by atoms with van der Waals surface area (Å²) in [5.74, 6) is 0. The number of aryl methyl sites for hydroxylation is 1. The van der Waals surface area contributed by atoms with Crippen LogP contribution in [0.2, 0.25) is 0 Å². The minimum atomic E-state index is 0.512. The van der Waals surface area contributed by atoms with E-state index in [0.29, 0.717) is 6.04 Å². The SMILES string of the molecule is CCN(CCC1COCCN1)c1ccc(C)cc1. The van der Waals surface area contributed by atoms with Gasteiger partial charge in [0.05, 0.1) is 13.2 Å². The van der Waals surface area contributed by atoms with Gasteiger partial charge < -0.3 is 15.0 Å². The fourth-order valence-corrected chi connectivity index (χ4v) is 2.34. The predicted molar refractivity (Wildman–Crippen MR) is 76.3 cm³/mol. The molecule has 1 aromatic carbocycles. The number of hydrogen-bond donors (Lipinski definition) is 1. The van der Waals surface area contributed by atoms with Crippen molar-refractivity contribution < 1.29 is 4.74 Å². The maximum Gasteiger partial charge on any atom is 0.0620 e. The summed E-state index contributed by atoms with van der Waals surface area (Å²) in [6.45, 7) is 9.17. The van der Waals surface area contributed by atoms with Gasteiger partial charge in [-0.2, -0.15) is 0 Å². The summed E-state index contributed by atoms with van der Waals surface area (Å²) in [7, 11) is 0. The second-order valence-electron chi connectivity index (χ2n) is 4.93. The lowest BCUT2D eigenvalue weighted by Crippen LogP contribution is -2.43. The van der Waals surface area contributed by atoms with Gasteiger partial charge >= 0.3 is 0 Å². The number of rotatable bonds is 5. The molecule has 0 amide bonds. The third-order valence-electron chi connectivity index (χ3n) is 3.53. The van der Waals surface area contributed by atoms with E-state index in [1.54, 1.807) is 0 Å². The maximum atomic E-state index is 5.49. The van der Waals surface area contributed by atoms with Gasteiger partial charge in [-0.05, 0) is 32.4 Å². The van der Waals surface area contributed by atoms with Crippen molar-refractivity contribution in [2.24, 2.45) is 0 Å². The van der Waals surface area contributed by atoms with E-state index < -0.39 is 0 Å². The summed E-state index contributed by atoms with van der Waals surface area (Å²) in [5.41, 5.74) is 2.64. The zero-order valence-corrected chi connectivity index (χ0v) is 11.5. The third kappa shape index (κ3) is 3.72. The van der Waals surface area contributed by atoms with Gasteiger partial charge in [0.15, 0.2) is 0 Å². The van der Waals surface area contributed by atoms with Crippen LogP contribution >= 0.6 is 0 Å². The van der Waals surface area contributed by atoms with Crippen LogP contribution in [-0.2, 0) is 4.74 Å². The minimum absolute atomic E-state index is 0.512. The minimum Gasteiger partial charge on any atom is -0.379 e. The molecule has 1 aliphatic heterocycles. The molecule has 3 heteroatoms. The second kappa shape index (κ2) is 6.76. The number of morpholine rings is 1. The van der Waals surface area contributed by atoms with Gasteiger partial charge in [0.1, 0.15) is 0 Å². The van der Waals surface area contributed by atoms with Crippen molar-refractivity contribution >= 4 is 5.69 Å². The summed E-state index contributed by atoms with van der Waals surface area (Å²) in [5, 5.41) is 3.51. The Balaban J connectivity index is 1.86. The molecule has 1 heterocycles. The van der Waals surface area contributed by atoms with Crippen LogP contribution in [0.15, 0.2) is 24.3 Å². The fraction of sp³-hybridized carbons (Fsp3) is 0.600. The van der Waals surface area contributed by atoms with E-state index in [1.807, 2.05) is 0 Å². The first-order chi connectivity index (χ1) is 8.79. The number of anilines is 1. The first kappa shape index (κ1) is 13.4. The Hall–Kier alpha value is -1.06. The number of nitrogens with zero attached hydrogens (tertiary/aromatic N) is 1. The van der Waals surface area contributed by atoms with Crippen LogP contribution in [0.4, 0.5) is 5.69 Å². The first-order valence-electron chi connectivity index (χ1n) is 6.92. The molecule has 100 valence electrons. The standard InChI is InChI=1S/C15H24N2O/c1-3-17(15-6-4-13(2)5-7-15)10-8-14-12-18-11-9-16-14/h4-7,14,16H,3,8-12H2,1-2H3. The van der Waals surface area contributed by atoms with E-state index in [9.17, 15) is 0 Å². The molecule has 1 aliphatic rings. The second-order valence-corrected chi connectivity index (χ2v) is 4.93. The summed E-state index contributed by atoms with van der Waals surface area (Å²) in [6, 6.07) is 9.30. The van der Waals surface area contributed by atoms with Gasteiger partial charge in [-0.3, -0.25) is 0 Å². The summed E-state index contributed by atoms with van der Waals surface area (Å²) in [6.07, 6.45) is 1.14. The Labute approximate surface area is 110 Å². The molecule has 3 nitrogen and oxygen atoms in total. The van der Waals surface area contributed by atoms with Crippen LogP contribution in [0.1, 0.15) is 18.9 Å². The molecule has 1 aromatic rings. The van der Waals surface area contributed by atoms with Crippen molar-refractivity contribution in [1.82, 2.24) is 5.32 Å². The molecule has 1 saturated heterocycles. The van der Waals surface area contributed by atoms with Crippen molar-refractivity contribution in [3.63, 3.8) is 0 Å². The molecule has 1 atom stereocenters. The molecule has 18 heavy (non-hydrogen) atoms. The Bertz CT molecular complexity index is 344. The Morgan fingerprint density at radius 3 is 2.72 bits per heavy atom. The lowest BCUT2D eigenvalue weighted by Gasteiger charge is -2.28. The highest BCUT2D eigenvalue weighted by Gasteiger charge is 2.14. The highest BCUT2D eigenvalue weighted by atomic mass is 16.5. The summed E-state index contributed by atoms with van der Waals surface area (Å²) < 4.78 is 5.49. The van der Waals surface area contributed by atoms with Crippen molar-refractivity contribution in [2.75, 3.05) is 37.7 Å². The highest BCUT2D eigenvalue weighted by molar-refractivity contribution is 5.47. The van der Waals surface area contributed by atoms with Gasteiger partial charge in [0.25, 0.3) is 0 Å². The van der Waals surface area contributed by atoms with E-state index in [1.165, 1.54) is 11.3 Å². The third-order valence-corrected chi connectivity index (χ3v) is 3.53. The van der Waals surface area contributed by atoms with Gasteiger partial charge in [-0.15, -0.1) is 0 Å². The molecule has 2 rings (SSSR count). The van der Waals surface area contributed by atoms with E-state index >= 15 is 0 Å². The number of nitrogens with one attached hydrogen (secondary N) is 1. The van der Waals surface area contributed by atoms with Crippen LogP contribution in [-0.4, -0.2) is 38.9 Å². The number of benzene rings is 1. The molecular weight excluding hydrogens is 224 g/mol. The van der Waals surface area contributed by atoms with Gasteiger partial charge in [0, 0.05) is 31.4 Å². The van der Waals surface area contributed by atoms with Gasteiger partial charge in [-0.1, -0.05) is 17.7 Å². The number of ether oxygens (including phenoxy) is 1. The van der Waals surface area contributed by atoms with Gasteiger partial charge in [0.2, 0.25) is 0 Å². The Kier molecular flexibility index (Phi) is 5.02. The van der Waals surface area contributed by atoms with Crippen LogP contribution < -0.4 is 10.2 Å². The van der Waals surface area contributed by atoms with E-state index in [2.05, 4.69) is 48.3 Å². The number of hydrogen-bond acceptors (Lipinski definition) is 3. The Morgan fingerprint density at radius 1 is 1.33 bits per heavy atom. The molecule has 1 fully saturated rings. The van der Waals surface area contributed by atoms with Crippen molar-refractivity contribution in [3.8, 4) is 0 Å². The van der Waals surface area contributed by atoms with E-state index in [-0.39, 0.29) is 0 Å². The molecule has 1 N–H and O–H groups in total. The van der Waals surface area contributed by atoms with Gasteiger partial charge in [-0.25, -0.2) is 0 Å². The van der Waals surface area contributed by atoms with Crippen LogP contribution in [0, 0.1) is 6.92 Å². The van der Waals surface area contributed by atoms with Crippen LogP contribution in [0.3, 0.4) is 0 Å². The van der Waals surface area contributed by atoms with E-state index in [0.717, 1.165) is 39.3 Å². The predicted octanol–water partition coefficient (Wildman–Crippen LogP) is 2.20. The molecule has 0 aromatic heterocycles. The highest BCUT2D eigenvalue weighted by Crippen LogP contribution is 2.15. The molecule has 0 saturated carbocycles. The quantitative estimate of drug-likeness (QED) is 0.864. The topological polar surface area (TPSA) is 24.5 Å². The molecule has 0 bridgehead atoms. The normalized spacial score (nSPS) is 19.8. The first-order valence-corrected chi connectivity index (χ1v) is 6.92. The Morgan fingerprint density at radius 2 is 2.11 bits per heavy atom. The molecule has 0 aliphatic carbocycles. The smallest absolute Gasteiger partial charge is 0.0620 e. The lowest BCUT2D eigenvalue weighted by atomic mass is 10.1. The molecule has 1 unspecified atom stereocenters. The maximum absolute atomic E-state index is 5.49. The molecule has 0 spiro atoms.